The van der Waals surface area contributed by atoms with Gasteiger partial charge in [0.05, 0.1) is 18.2 Å². The average molecular weight is 581 g/mol. The second kappa shape index (κ2) is 16.9. The van der Waals surface area contributed by atoms with Crippen LogP contribution < -0.4 is 21.3 Å². The molecule has 228 valence electrons. The van der Waals surface area contributed by atoms with Gasteiger partial charge in [-0.2, -0.15) is 0 Å². The third-order valence-electron chi connectivity index (χ3n) is 6.56. The number of hydrogen-bond acceptors (Lipinski definition) is 6. The molecule has 10 nitrogen and oxygen atoms in total. The van der Waals surface area contributed by atoms with Gasteiger partial charge in [0.15, 0.2) is 0 Å². The van der Waals surface area contributed by atoms with Crippen molar-refractivity contribution in [2.45, 2.75) is 91.1 Å². The summed E-state index contributed by atoms with van der Waals surface area (Å²) in [7, 11) is 0. The first-order valence-electron chi connectivity index (χ1n) is 14.4. The maximum Gasteiger partial charge on any atom is 0.408 e. The summed E-state index contributed by atoms with van der Waals surface area (Å²) in [6, 6.07) is 14.8. The molecule has 2 unspecified atom stereocenters. The summed E-state index contributed by atoms with van der Waals surface area (Å²) in [4.78, 5) is 65.2. The van der Waals surface area contributed by atoms with Gasteiger partial charge in [0.1, 0.15) is 12.1 Å². The number of ether oxygens (including phenoxy) is 1. The Labute approximate surface area is 248 Å². The molecule has 2 aromatic carbocycles. The minimum atomic E-state index is -1.08. The molecule has 4 amide bonds. The number of ketones is 1. The minimum Gasteiger partial charge on any atom is -0.447 e. The predicted molar refractivity (Wildman–Crippen MR) is 160 cm³/mol. The van der Waals surface area contributed by atoms with E-state index in [0.29, 0.717) is 6.42 Å². The molecular formula is C32H44N4O6. The molecule has 0 heterocycles. The molecule has 2 rings (SSSR count). The lowest BCUT2D eigenvalue weighted by Gasteiger charge is -2.27. The zero-order chi connectivity index (χ0) is 31.2. The number of benzene rings is 2. The van der Waals surface area contributed by atoms with Crippen molar-refractivity contribution in [1.82, 2.24) is 21.3 Å². The number of Topliss-reactive ketones (excluding diaryl/α,β-unsaturated/α-hetero) is 1. The molecule has 0 aliphatic rings. The molecule has 0 spiro atoms. The highest BCUT2D eigenvalue weighted by atomic mass is 16.6. The largest absolute Gasteiger partial charge is 0.447 e. The number of alkyl carbamates (subject to hydrolysis) is 1. The van der Waals surface area contributed by atoms with Crippen molar-refractivity contribution in [2.24, 2.45) is 5.92 Å². The zero-order valence-electron chi connectivity index (χ0n) is 25.3. The standard InChI is InChI=1S/C32H44N4O6/c1-7-14-25(28(37)31(40)33-22(6)24-17-12-9-13-18-24)34-29(38)26(19-23-15-10-8-11-16-23)35-30(39)27(20(2)3)36-32(41)42-21(4)5/h8-13,15-18,20-22,25-27H,7,14,19H2,1-6H3,(H,33,40)(H,34,38)(H,35,39)(H,36,41)/t22-,25?,26?,27-/m0/s1. The molecule has 10 heteroatoms. The van der Waals surface area contributed by atoms with E-state index in [1.54, 1.807) is 34.6 Å². The number of amides is 4. The third-order valence-corrected chi connectivity index (χ3v) is 6.56. The lowest BCUT2D eigenvalue weighted by Crippen LogP contribution is -2.58. The Kier molecular flexibility index (Phi) is 13.7. The molecule has 0 radical (unpaired) electrons. The molecule has 4 N–H and O–H groups in total. The van der Waals surface area contributed by atoms with E-state index >= 15 is 0 Å². The van der Waals surface area contributed by atoms with E-state index < -0.39 is 53.8 Å². The van der Waals surface area contributed by atoms with E-state index in [1.807, 2.05) is 67.6 Å². The molecule has 2 aromatic rings. The van der Waals surface area contributed by atoms with Gasteiger partial charge in [0, 0.05) is 6.42 Å². The predicted octanol–water partition coefficient (Wildman–Crippen LogP) is 3.60. The van der Waals surface area contributed by atoms with E-state index in [4.69, 9.17) is 4.74 Å². The fourth-order valence-corrected chi connectivity index (χ4v) is 4.31. The highest BCUT2D eigenvalue weighted by Gasteiger charge is 2.33. The van der Waals surface area contributed by atoms with Crippen molar-refractivity contribution in [3.8, 4) is 0 Å². The van der Waals surface area contributed by atoms with Gasteiger partial charge in [-0.3, -0.25) is 19.2 Å². The van der Waals surface area contributed by atoms with Crippen LogP contribution in [-0.4, -0.2) is 53.8 Å². The van der Waals surface area contributed by atoms with Crippen LogP contribution in [0.4, 0.5) is 4.79 Å². The number of hydrogen-bond donors (Lipinski definition) is 4. The Morgan fingerprint density at radius 2 is 1.29 bits per heavy atom. The number of rotatable bonds is 15. The fourth-order valence-electron chi connectivity index (χ4n) is 4.31. The highest BCUT2D eigenvalue weighted by molar-refractivity contribution is 6.38. The molecule has 42 heavy (non-hydrogen) atoms. The van der Waals surface area contributed by atoms with Gasteiger partial charge in [-0.25, -0.2) is 4.79 Å². The number of carbonyl (C=O) groups excluding carboxylic acids is 5. The van der Waals surface area contributed by atoms with Gasteiger partial charge in [-0.05, 0) is 44.2 Å². The average Bonchev–Trinajstić information content (AvgIpc) is 2.95. The molecule has 0 aliphatic heterocycles. The summed E-state index contributed by atoms with van der Waals surface area (Å²) in [6.45, 7) is 10.5. The van der Waals surface area contributed by atoms with Crippen molar-refractivity contribution in [3.63, 3.8) is 0 Å². The zero-order valence-corrected chi connectivity index (χ0v) is 25.3. The molecule has 0 saturated heterocycles. The Bertz CT molecular complexity index is 1190. The summed E-state index contributed by atoms with van der Waals surface area (Å²) < 4.78 is 5.13. The summed E-state index contributed by atoms with van der Waals surface area (Å²) in [5.41, 5.74) is 1.62. The van der Waals surface area contributed by atoms with Gasteiger partial charge >= 0.3 is 6.09 Å². The van der Waals surface area contributed by atoms with Crippen LogP contribution in [0.5, 0.6) is 0 Å². The SMILES string of the molecule is CCCC(NC(=O)C(Cc1ccccc1)NC(=O)[C@@H](NC(=O)OC(C)C)C(C)C)C(=O)C(=O)N[C@@H](C)c1ccccc1. The second-order valence-corrected chi connectivity index (χ2v) is 10.9. The first-order chi connectivity index (χ1) is 19.9. The van der Waals surface area contributed by atoms with Crippen LogP contribution in [0.15, 0.2) is 60.7 Å². The smallest absolute Gasteiger partial charge is 0.408 e. The lowest BCUT2D eigenvalue weighted by atomic mass is 10.00. The molecular weight excluding hydrogens is 536 g/mol. The Morgan fingerprint density at radius 3 is 1.83 bits per heavy atom. The van der Waals surface area contributed by atoms with Gasteiger partial charge in [-0.15, -0.1) is 0 Å². The molecule has 0 fully saturated rings. The van der Waals surface area contributed by atoms with Crippen LogP contribution >= 0.6 is 0 Å². The van der Waals surface area contributed by atoms with Gasteiger partial charge in [-0.1, -0.05) is 87.9 Å². The van der Waals surface area contributed by atoms with Crippen LogP contribution in [0.2, 0.25) is 0 Å². The number of nitrogens with one attached hydrogen (secondary N) is 4. The molecule has 0 saturated carbocycles. The quantitative estimate of drug-likeness (QED) is 0.237. The second-order valence-electron chi connectivity index (χ2n) is 10.9. The van der Waals surface area contributed by atoms with Crippen molar-refractivity contribution in [2.75, 3.05) is 0 Å². The van der Waals surface area contributed by atoms with Crippen molar-refractivity contribution in [3.05, 3.63) is 71.8 Å². The van der Waals surface area contributed by atoms with Gasteiger partial charge in [0.25, 0.3) is 5.91 Å². The van der Waals surface area contributed by atoms with Crippen LogP contribution in [0.1, 0.15) is 71.6 Å². The van der Waals surface area contributed by atoms with Crippen LogP contribution in [-0.2, 0) is 30.3 Å². The van der Waals surface area contributed by atoms with Crippen molar-refractivity contribution < 1.29 is 28.7 Å². The molecule has 0 aromatic heterocycles. The van der Waals surface area contributed by atoms with E-state index in [2.05, 4.69) is 21.3 Å². The molecule has 0 bridgehead atoms. The Morgan fingerprint density at radius 1 is 0.714 bits per heavy atom. The molecule has 0 aliphatic carbocycles. The summed E-state index contributed by atoms with van der Waals surface area (Å²) in [6.07, 6.45) is -0.221. The maximum atomic E-state index is 13.6. The minimum absolute atomic E-state index is 0.129. The Hall–Kier alpha value is -4.21. The van der Waals surface area contributed by atoms with E-state index in [-0.39, 0.29) is 24.9 Å². The maximum absolute atomic E-state index is 13.6. The van der Waals surface area contributed by atoms with E-state index in [9.17, 15) is 24.0 Å². The van der Waals surface area contributed by atoms with Gasteiger partial charge in [0.2, 0.25) is 17.6 Å². The van der Waals surface area contributed by atoms with Crippen molar-refractivity contribution >= 4 is 29.6 Å². The van der Waals surface area contributed by atoms with Crippen LogP contribution in [0.25, 0.3) is 0 Å². The van der Waals surface area contributed by atoms with Crippen molar-refractivity contribution in [1.29, 1.82) is 0 Å². The Balaban J connectivity index is 2.22. The lowest BCUT2D eigenvalue weighted by molar-refractivity contribution is -0.141. The highest BCUT2D eigenvalue weighted by Crippen LogP contribution is 2.12. The molecule has 4 atom stereocenters. The third kappa shape index (κ3) is 11.0. The van der Waals surface area contributed by atoms with E-state index in [0.717, 1.165) is 11.1 Å². The summed E-state index contributed by atoms with van der Waals surface area (Å²) in [5.74, 6) is -3.07. The van der Waals surface area contributed by atoms with Gasteiger partial charge < -0.3 is 26.0 Å². The normalized spacial score (nSPS) is 13.8. The van der Waals surface area contributed by atoms with Crippen LogP contribution in [0.3, 0.4) is 0 Å². The van der Waals surface area contributed by atoms with E-state index in [1.165, 1.54) is 0 Å². The number of carbonyl (C=O) groups is 5. The monoisotopic (exact) mass is 580 g/mol. The fraction of sp³-hybridized carbons (Fsp3) is 0.469. The topological polar surface area (TPSA) is 143 Å². The first-order valence-corrected chi connectivity index (χ1v) is 14.4. The summed E-state index contributed by atoms with van der Waals surface area (Å²) >= 11 is 0. The van der Waals surface area contributed by atoms with Crippen LogP contribution in [0, 0.1) is 5.92 Å². The summed E-state index contributed by atoms with van der Waals surface area (Å²) in [5, 5.41) is 10.7. The first kappa shape index (κ1) is 34.0.